The highest BCUT2D eigenvalue weighted by Crippen LogP contribution is 2.30. The van der Waals surface area contributed by atoms with Crippen molar-refractivity contribution in [1.29, 1.82) is 0 Å². The lowest BCUT2D eigenvalue weighted by molar-refractivity contribution is -0.137. The van der Waals surface area contributed by atoms with Crippen LogP contribution in [0, 0.1) is 0 Å². The van der Waals surface area contributed by atoms with Crippen molar-refractivity contribution >= 4 is 29.1 Å². The molecule has 0 aliphatic rings. The Hall–Kier alpha value is -2.74. The maximum Gasteiger partial charge on any atom is 0.416 e. The number of nitrogens with one attached hydrogen (secondary N) is 1. The topological polar surface area (TPSA) is 58.6 Å². The number of ether oxygens (including phenoxy) is 1. The Balaban J connectivity index is 1.83. The molecule has 9 heteroatoms. The molecule has 0 aliphatic carbocycles. The van der Waals surface area contributed by atoms with E-state index < -0.39 is 30.2 Å². The third kappa shape index (κ3) is 6.18. The van der Waals surface area contributed by atoms with Crippen LogP contribution in [-0.2, 0) is 15.8 Å². The summed E-state index contributed by atoms with van der Waals surface area (Å²) >= 11 is 5.94. The molecule has 0 atom stereocenters. The fourth-order valence-electron chi connectivity index (χ4n) is 2.05. The van der Waals surface area contributed by atoms with Gasteiger partial charge in [-0.3, -0.25) is 9.59 Å². The quantitative estimate of drug-likeness (QED) is 0.801. The second-order valence-corrected chi connectivity index (χ2v) is 6.00. The number of rotatable bonds is 6. The summed E-state index contributed by atoms with van der Waals surface area (Å²) in [5, 5.41) is 2.94. The van der Waals surface area contributed by atoms with Crippen molar-refractivity contribution in [1.82, 2.24) is 4.90 Å². The van der Waals surface area contributed by atoms with E-state index in [1.807, 2.05) is 0 Å². The Bertz CT molecular complexity index is 810. The first-order valence-electron chi connectivity index (χ1n) is 7.75. The van der Waals surface area contributed by atoms with Gasteiger partial charge in [0.25, 0.3) is 5.91 Å². The number of anilines is 1. The van der Waals surface area contributed by atoms with Gasteiger partial charge in [-0.1, -0.05) is 23.7 Å². The SMILES string of the molecule is CN(CC(=O)Nc1ccccc1Cl)C(=O)COc1ccc(C(F)(F)F)cc1. The summed E-state index contributed by atoms with van der Waals surface area (Å²) in [6.45, 7) is -0.651. The molecule has 0 aliphatic heterocycles. The maximum absolute atomic E-state index is 12.5. The highest BCUT2D eigenvalue weighted by atomic mass is 35.5. The van der Waals surface area contributed by atoms with E-state index in [4.69, 9.17) is 16.3 Å². The zero-order valence-corrected chi connectivity index (χ0v) is 15.0. The van der Waals surface area contributed by atoms with Gasteiger partial charge in [0, 0.05) is 7.05 Å². The molecule has 27 heavy (non-hydrogen) atoms. The van der Waals surface area contributed by atoms with Crippen LogP contribution in [0.1, 0.15) is 5.56 Å². The highest BCUT2D eigenvalue weighted by Gasteiger charge is 2.30. The molecule has 0 unspecified atom stereocenters. The summed E-state index contributed by atoms with van der Waals surface area (Å²) in [7, 11) is 1.41. The van der Waals surface area contributed by atoms with E-state index in [1.54, 1.807) is 24.3 Å². The fraction of sp³-hybridized carbons (Fsp3) is 0.222. The molecular weight excluding hydrogens is 385 g/mol. The van der Waals surface area contributed by atoms with Crippen molar-refractivity contribution in [3.8, 4) is 5.75 Å². The van der Waals surface area contributed by atoms with Crippen LogP contribution in [0.4, 0.5) is 18.9 Å². The van der Waals surface area contributed by atoms with Crippen molar-refractivity contribution < 1.29 is 27.5 Å². The van der Waals surface area contributed by atoms with E-state index in [2.05, 4.69) is 5.32 Å². The molecule has 0 bridgehead atoms. The molecular formula is C18H16ClF3N2O3. The fourth-order valence-corrected chi connectivity index (χ4v) is 2.23. The van der Waals surface area contributed by atoms with E-state index in [0.717, 1.165) is 29.2 Å². The predicted molar refractivity (Wildman–Crippen MR) is 94.7 cm³/mol. The molecule has 0 saturated heterocycles. The molecule has 5 nitrogen and oxygen atoms in total. The lowest BCUT2D eigenvalue weighted by atomic mass is 10.2. The highest BCUT2D eigenvalue weighted by molar-refractivity contribution is 6.33. The second-order valence-electron chi connectivity index (χ2n) is 5.59. The standard InChI is InChI=1S/C18H16ClF3N2O3/c1-24(10-16(25)23-15-5-3-2-4-14(15)19)17(26)11-27-13-8-6-12(7-9-13)18(20,21)22/h2-9H,10-11H2,1H3,(H,23,25). The van der Waals surface area contributed by atoms with Crippen LogP contribution in [0.2, 0.25) is 5.02 Å². The summed E-state index contributed by atoms with van der Waals surface area (Å²) < 4.78 is 42.6. The minimum atomic E-state index is -4.44. The summed E-state index contributed by atoms with van der Waals surface area (Å²) in [4.78, 5) is 25.1. The number of nitrogens with zero attached hydrogens (tertiary/aromatic N) is 1. The van der Waals surface area contributed by atoms with Crippen LogP contribution in [0.25, 0.3) is 0 Å². The number of likely N-dealkylation sites (N-methyl/N-ethyl adjacent to an activating group) is 1. The molecule has 2 aromatic rings. The molecule has 1 N–H and O–H groups in total. The number of para-hydroxylation sites is 1. The van der Waals surface area contributed by atoms with Gasteiger partial charge < -0.3 is 15.0 Å². The van der Waals surface area contributed by atoms with Gasteiger partial charge in [0.2, 0.25) is 5.91 Å². The number of alkyl halides is 3. The minimum Gasteiger partial charge on any atom is -0.484 e. The number of carbonyl (C=O) groups is 2. The van der Waals surface area contributed by atoms with E-state index in [-0.39, 0.29) is 12.3 Å². The average molecular weight is 401 g/mol. The molecule has 2 aromatic carbocycles. The smallest absolute Gasteiger partial charge is 0.416 e. The first kappa shape index (κ1) is 20.6. The van der Waals surface area contributed by atoms with Gasteiger partial charge in [-0.2, -0.15) is 13.2 Å². The molecule has 2 amide bonds. The van der Waals surface area contributed by atoms with Crippen LogP contribution < -0.4 is 10.1 Å². The summed E-state index contributed by atoms with van der Waals surface area (Å²) in [6.07, 6.45) is -4.44. The lowest BCUT2D eigenvalue weighted by Gasteiger charge is -2.17. The Morgan fingerprint density at radius 1 is 1.11 bits per heavy atom. The van der Waals surface area contributed by atoms with Crippen molar-refractivity contribution in [2.75, 3.05) is 25.5 Å². The van der Waals surface area contributed by atoms with Gasteiger partial charge in [0.05, 0.1) is 22.8 Å². The van der Waals surface area contributed by atoms with Crippen LogP contribution in [0.5, 0.6) is 5.75 Å². The van der Waals surface area contributed by atoms with Gasteiger partial charge in [0.1, 0.15) is 5.75 Å². The zero-order valence-electron chi connectivity index (χ0n) is 14.2. The summed E-state index contributed by atoms with van der Waals surface area (Å²) in [6, 6.07) is 10.6. The van der Waals surface area contributed by atoms with Crippen molar-refractivity contribution in [2.24, 2.45) is 0 Å². The van der Waals surface area contributed by atoms with Gasteiger partial charge in [-0.15, -0.1) is 0 Å². The largest absolute Gasteiger partial charge is 0.484 e. The number of hydrogen-bond acceptors (Lipinski definition) is 3. The summed E-state index contributed by atoms with van der Waals surface area (Å²) in [5.41, 5.74) is -0.388. The van der Waals surface area contributed by atoms with Gasteiger partial charge in [0.15, 0.2) is 6.61 Å². The number of halogens is 4. The Morgan fingerprint density at radius 2 is 1.74 bits per heavy atom. The van der Waals surface area contributed by atoms with Crippen molar-refractivity contribution in [3.63, 3.8) is 0 Å². The van der Waals surface area contributed by atoms with Gasteiger partial charge in [-0.25, -0.2) is 0 Å². The van der Waals surface area contributed by atoms with E-state index >= 15 is 0 Å². The van der Waals surface area contributed by atoms with Gasteiger partial charge in [-0.05, 0) is 36.4 Å². The molecule has 0 aromatic heterocycles. The van der Waals surface area contributed by atoms with E-state index in [9.17, 15) is 22.8 Å². The normalized spacial score (nSPS) is 11.0. The molecule has 0 heterocycles. The van der Waals surface area contributed by atoms with Gasteiger partial charge >= 0.3 is 6.18 Å². The van der Waals surface area contributed by atoms with Crippen LogP contribution in [-0.4, -0.2) is 36.9 Å². The maximum atomic E-state index is 12.5. The first-order valence-corrected chi connectivity index (χ1v) is 8.13. The number of amides is 2. The van der Waals surface area contributed by atoms with E-state index in [0.29, 0.717) is 10.7 Å². The molecule has 0 fully saturated rings. The molecule has 144 valence electrons. The monoisotopic (exact) mass is 400 g/mol. The molecule has 0 saturated carbocycles. The van der Waals surface area contributed by atoms with Crippen molar-refractivity contribution in [3.05, 3.63) is 59.1 Å². The van der Waals surface area contributed by atoms with Crippen molar-refractivity contribution in [2.45, 2.75) is 6.18 Å². The molecule has 0 radical (unpaired) electrons. The third-order valence-corrected chi connectivity index (χ3v) is 3.83. The summed E-state index contributed by atoms with van der Waals surface area (Å²) in [5.74, 6) is -0.844. The average Bonchev–Trinajstić information content (AvgIpc) is 2.61. The van der Waals surface area contributed by atoms with Crippen LogP contribution in [0.3, 0.4) is 0 Å². The molecule has 0 spiro atoms. The van der Waals surface area contributed by atoms with Crippen LogP contribution >= 0.6 is 11.6 Å². The second kappa shape index (κ2) is 8.77. The van der Waals surface area contributed by atoms with Crippen LogP contribution in [0.15, 0.2) is 48.5 Å². The first-order chi connectivity index (χ1) is 12.7. The third-order valence-electron chi connectivity index (χ3n) is 3.50. The number of hydrogen-bond donors (Lipinski definition) is 1. The predicted octanol–water partition coefficient (Wildman–Crippen LogP) is 3.83. The zero-order chi connectivity index (χ0) is 20.0. The Morgan fingerprint density at radius 3 is 2.33 bits per heavy atom. The molecule has 2 rings (SSSR count). The minimum absolute atomic E-state index is 0.116. The lowest BCUT2D eigenvalue weighted by Crippen LogP contribution is -2.37. The van der Waals surface area contributed by atoms with E-state index in [1.165, 1.54) is 7.05 Å². The Kier molecular flexibility index (Phi) is 6.68. The Labute approximate surface area is 158 Å². The number of benzene rings is 2. The number of carbonyl (C=O) groups excluding carboxylic acids is 2.